The first kappa shape index (κ1) is 23.8. The molecule has 3 N–H and O–H groups in total. The van der Waals surface area contributed by atoms with Crippen molar-refractivity contribution in [2.75, 3.05) is 58.2 Å². The summed E-state index contributed by atoms with van der Waals surface area (Å²) in [6.07, 6.45) is 1.43. The van der Waals surface area contributed by atoms with E-state index in [4.69, 9.17) is 15.2 Å². The van der Waals surface area contributed by atoms with E-state index >= 15 is 0 Å². The molecule has 174 valence electrons. The number of hydrogen-bond donors (Lipinski definition) is 2. The molecule has 1 amide bonds. The van der Waals surface area contributed by atoms with Crippen LogP contribution in [0.3, 0.4) is 0 Å². The average Bonchev–Trinajstić information content (AvgIpc) is 2.79. The van der Waals surface area contributed by atoms with Crippen LogP contribution in [0.25, 0.3) is 0 Å². The molecule has 2 heterocycles. The fourth-order valence-electron chi connectivity index (χ4n) is 4.44. The van der Waals surface area contributed by atoms with Gasteiger partial charge in [0.05, 0.1) is 13.2 Å². The number of carbonyl (C=O) groups excluding carboxylic acids is 1. The number of nitrogens with two attached hydrogens (primary N) is 1. The molecule has 1 aromatic rings. The molecule has 0 aromatic heterocycles. The summed E-state index contributed by atoms with van der Waals surface area (Å²) in [5.74, 6) is 0.738. The van der Waals surface area contributed by atoms with E-state index in [1.54, 1.807) is 0 Å². The number of nitrogens with zero attached hydrogens (tertiary/aromatic N) is 2. The number of amides is 1. The first-order valence-corrected chi connectivity index (χ1v) is 11.6. The minimum absolute atomic E-state index is 0.0438. The monoisotopic (exact) mass is 432 g/mol. The third-order valence-electron chi connectivity index (χ3n) is 7.05. The van der Waals surface area contributed by atoms with E-state index in [2.05, 4.69) is 15.1 Å². The molecule has 1 aromatic carbocycles. The molecule has 7 nitrogen and oxygen atoms in total. The number of nitrogens with one attached hydrogen (secondary N) is 1. The van der Waals surface area contributed by atoms with Gasteiger partial charge in [-0.15, -0.1) is 0 Å². The van der Waals surface area contributed by atoms with Gasteiger partial charge in [0.25, 0.3) is 5.91 Å². The third-order valence-corrected chi connectivity index (χ3v) is 7.05. The van der Waals surface area contributed by atoms with Crippen LogP contribution in [0.1, 0.15) is 42.0 Å². The van der Waals surface area contributed by atoms with Gasteiger partial charge in [0.15, 0.2) is 6.10 Å². The van der Waals surface area contributed by atoms with Crippen LogP contribution in [0.15, 0.2) is 0 Å². The van der Waals surface area contributed by atoms with E-state index < -0.39 is 6.10 Å². The van der Waals surface area contributed by atoms with Crippen LogP contribution in [0.5, 0.6) is 5.75 Å². The highest BCUT2D eigenvalue weighted by Crippen LogP contribution is 2.34. The van der Waals surface area contributed by atoms with E-state index in [1.807, 2.05) is 34.6 Å². The molecule has 2 saturated heterocycles. The van der Waals surface area contributed by atoms with Gasteiger partial charge in [-0.2, -0.15) is 0 Å². The van der Waals surface area contributed by atoms with Crippen molar-refractivity contribution in [3.05, 3.63) is 22.3 Å². The number of piperidine rings is 1. The molecule has 0 aliphatic carbocycles. The van der Waals surface area contributed by atoms with E-state index in [0.717, 1.165) is 99.0 Å². The summed E-state index contributed by atoms with van der Waals surface area (Å²) in [5, 5.41) is 3.20. The second kappa shape index (κ2) is 10.7. The molecule has 1 unspecified atom stereocenters. The van der Waals surface area contributed by atoms with E-state index in [9.17, 15) is 4.79 Å². The summed E-state index contributed by atoms with van der Waals surface area (Å²) >= 11 is 0. The van der Waals surface area contributed by atoms with Crippen molar-refractivity contribution in [1.82, 2.24) is 15.1 Å². The first-order chi connectivity index (χ1) is 14.8. The Morgan fingerprint density at radius 2 is 1.52 bits per heavy atom. The van der Waals surface area contributed by atoms with E-state index in [-0.39, 0.29) is 11.9 Å². The Morgan fingerprint density at radius 3 is 2.06 bits per heavy atom. The van der Waals surface area contributed by atoms with E-state index in [0.29, 0.717) is 0 Å². The number of anilines is 1. The summed E-state index contributed by atoms with van der Waals surface area (Å²) in [6.45, 7) is 17.9. The molecular formula is C24H40N4O3. The number of ether oxygens (including phenoxy) is 2. The van der Waals surface area contributed by atoms with Gasteiger partial charge >= 0.3 is 0 Å². The smallest absolute Gasteiger partial charge is 0.260 e. The molecule has 31 heavy (non-hydrogen) atoms. The standard InChI is InChI=1S/C24H40N4O3/c1-16-18(3)23(19(4)17(2)22(16)25)31-20(5)24(29)26-21-6-8-27(9-7-21)10-11-28-12-14-30-15-13-28/h20-21H,6-15,25H2,1-5H3,(H,26,29). The highest BCUT2D eigenvalue weighted by atomic mass is 16.5. The van der Waals surface area contributed by atoms with Gasteiger partial charge < -0.3 is 25.4 Å². The molecule has 2 fully saturated rings. The summed E-state index contributed by atoms with van der Waals surface area (Å²) in [4.78, 5) is 17.8. The Kier molecular flexibility index (Phi) is 8.19. The Hall–Kier alpha value is -1.83. The lowest BCUT2D eigenvalue weighted by Crippen LogP contribution is -2.49. The van der Waals surface area contributed by atoms with Crippen molar-refractivity contribution < 1.29 is 14.3 Å². The minimum Gasteiger partial charge on any atom is -0.480 e. The van der Waals surface area contributed by atoms with Crippen molar-refractivity contribution >= 4 is 11.6 Å². The molecule has 0 spiro atoms. The summed E-state index contributed by atoms with van der Waals surface area (Å²) in [7, 11) is 0. The van der Waals surface area contributed by atoms with Gasteiger partial charge in [-0.25, -0.2) is 0 Å². The van der Waals surface area contributed by atoms with Crippen molar-refractivity contribution in [3.63, 3.8) is 0 Å². The lowest BCUT2D eigenvalue weighted by atomic mass is 9.97. The number of carbonyl (C=O) groups is 1. The van der Waals surface area contributed by atoms with Crippen LogP contribution in [0.2, 0.25) is 0 Å². The van der Waals surface area contributed by atoms with Gasteiger partial charge in [-0.05, 0) is 69.7 Å². The third kappa shape index (κ3) is 5.90. The SMILES string of the molecule is Cc1c(C)c(OC(C)C(=O)NC2CCN(CCN3CCOCC3)CC2)c(C)c(C)c1N. The number of rotatable bonds is 7. The molecule has 2 aliphatic rings. The lowest BCUT2D eigenvalue weighted by molar-refractivity contribution is -0.128. The lowest BCUT2D eigenvalue weighted by Gasteiger charge is -2.35. The van der Waals surface area contributed by atoms with Crippen molar-refractivity contribution in [1.29, 1.82) is 0 Å². The van der Waals surface area contributed by atoms with Crippen molar-refractivity contribution in [2.45, 2.75) is 59.6 Å². The maximum Gasteiger partial charge on any atom is 0.260 e. The Bertz CT molecular complexity index is 740. The maximum atomic E-state index is 12.8. The summed E-state index contributed by atoms with van der Waals surface area (Å²) in [5.41, 5.74) is 11.1. The zero-order valence-corrected chi connectivity index (χ0v) is 19.9. The molecular weight excluding hydrogens is 392 g/mol. The summed E-state index contributed by atoms with van der Waals surface area (Å²) < 4.78 is 11.5. The molecule has 7 heteroatoms. The van der Waals surface area contributed by atoms with Crippen molar-refractivity contribution in [2.24, 2.45) is 0 Å². The highest BCUT2D eigenvalue weighted by molar-refractivity contribution is 5.81. The number of benzene rings is 1. The van der Waals surface area contributed by atoms with Crippen LogP contribution in [0.4, 0.5) is 5.69 Å². The fourth-order valence-corrected chi connectivity index (χ4v) is 4.44. The maximum absolute atomic E-state index is 12.8. The molecule has 0 radical (unpaired) electrons. The fraction of sp³-hybridized carbons (Fsp3) is 0.708. The normalized spacial score (nSPS) is 19.9. The number of nitrogen functional groups attached to an aromatic ring is 1. The Labute approximate surface area is 187 Å². The van der Waals surface area contributed by atoms with Gasteiger partial charge in [-0.3, -0.25) is 9.69 Å². The van der Waals surface area contributed by atoms with Crippen LogP contribution in [-0.2, 0) is 9.53 Å². The van der Waals surface area contributed by atoms with Gasteiger partial charge in [0.1, 0.15) is 5.75 Å². The number of morpholine rings is 1. The second-order valence-corrected chi connectivity index (χ2v) is 9.08. The van der Waals surface area contributed by atoms with Crippen molar-refractivity contribution in [3.8, 4) is 5.75 Å². The number of hydrogen-bond acceptors (Lipinski definition) is 6. The molecule has 1 atom stereocenters. The Balaban J connectivity index is 1.46. The first-order valence-electron chi connectivity index (χ1n) is 11.6. The zero-order chi connectivity index (χ0) is 22.5. The minimum atomic E-state index is -0.542. The zero-order valence-electron chi connectivity index (χ0n) is 19.9. The largest absolute Gasteiger partial charge is 0.480 e. The predicted octanol–water partition coefficient (Wildman–Crippen LogP) is 2.18. The van der Waals surface area contributed by atoms with Crippen LogP contribution in [0, 0.1) is 27.7 Å². The number of likely N-dealkylation sites (tertiary alicyclic amines) is 1. The topological polar surface area (TPSA) is 80.1 Å². The Morgan fingerprint density at radius 1 is 1.00 bits per heavy atom. The van der Waals surface area contributed by atoms with Gasteiger partial charge in [-0.1, -0.05) is 0 Å². The van der Waals surface area contributed by atoms with Gasteiger partial charge in [0.2, 0.25) is 0 Å². The second-order valence-electron chi connectivity index (χ2n) is 9.08. The van der Waals surface area contributed by atoms with Crippen LogP contribution < -0.4 is 15.8 Å². The van der Waals surface area contributed by atoms with Gasteiger partial charge in [0, 0.05) is 51.0 Å². The molecule has 0 saturated carbocycles. The predicted molar refractivity (Wildman–Crippen MR) is 125 cm³/mol. The van der Waals surface area contributed by atoms with Crippen LogP contribution in [-0.4, -0.2) is 80.3 Å². The highest BCUT2D eigenvalue weighted by Gasteiger charge is 2.25. The average molecular weight is 433 g/mol. The van der Waals surface area contributed by atoms with E-state index in [1.165, 1.54) is 0 Å². The molecule has 0 bridgehead atoms. The van der Waals surface area contributed by atoms with Crippen LogP contribution >= 0.6 is 0 Å². The molecule has 2 aliphatic heterocycles. The molecule has 3 rings (SSSR count). The quantitative estimate of drug-likeness (QED) is 0.643. The summed E-state index contributed by atoms with van der Waals surface area (Å²) in [6, 6.07) is 0.218.